The number of rotatable bonds is 7. The Balaban J connectivity index is 1.68. The second-order valence-electron chi connectivity index (χ2n) is 8.24. The van der Waals surface area contributed by atoms with Crippen molar-refractivity contribution in [3.05, 3.63) is 59.8 Å². The number of para-hydroxylation sites is 1. The van der Waals surface area contributed by atoms with Gasteiger partial charge in [0.25, 0.3) is 0 Å². The first kappa shape index (κ1) is 21.6. The highest BCUT2D eigenvalue weighted by Gasteiger charge is 2.47. The van der Waals surface area contributed by atoms with Gasteiger partial charge in [-0.25, -0.2) is 0 Å². The van der Waals surface area contributed by atoms with Crippen molar-refractivity contribution in [3.63, 3.8) is 0 Å². The maximum Gasteiger partial charge on any atom is 0.250 e. The molecule has 168 valence electrons. The largest absolute Gasteiger partial charge is 0.467 e. The summed E-state index contributed by atoms with van der Waals surface area (Å²) in [6.07, 6.45) is 5.43. The third kappa shape index (κ3) is 4.51. The normalized spacial score (nSPS) is 15.3. The summed E-state index contributed by atoms with van der Waals surface area (Å²) in [7, 11) is 0. The number of hydrogen-bond acceptors (Lipinski definition) is 6. The van der Waals surface area contributed by atoms with Crippen molar-refractivity contribution >= 4 is 23.5 Å². The first-order chi connectivity index (χ1) is 15.5. The lowest BCUT2D eigenvalue weighted by Crippen LogP contribution is -2.60. The Kier molecular flexibility index (Phi) is 6.25. The van der Waals surface area contributed by atoms with Gasteiger partial charge in [-0.05, 0) is 43.5 Å². The van der Waals surface area contributed by atoms with Gasteiger partial charge >= 0.3 is 0 Å². The van der Waals surface area contributed by atoms with Crippen LogP contribution in [0, 0.1) is 6.92 Å². The number of aromatic amines is 1. The van der Waals surface area contributed by atoms with E-state index in [-0.39, 0.29) is 30.7 Å². The minimum Gasteiger partial charge on any atom is -0.467 e. The molecule has 9 heteroatoms. The zero-order valence-electron chi connectivity index (χ0n) is 18.1. The third-order valence-electron chi connectivity index (χ3n) is 6.08. The summed E-state index contributed by atoms with van der Waals surface area (Å²) in [6.45, 7) is 2.14. The summed E-state index contributed by atoms with van der Waals surface area (Å²) in [4.78, 5) is 33.0. The fraction of sp³-hybridized carbons (Fsp3) is 0.391. The van der Waals surface area contributed by atoms with Crippen molar-refractivity contribution in [3.8, 4) is 0 Å². The van der Waals surface area contributed by atoms with E-state index in [2.05, 4.69) is 20.5 Å². The van der Waals surface area contributed by atoms with Gasteiger partial charge in [0.2, 0.25) is 17.8 Å². The van der Waals surface area contributed by atoms with Crippen molar-refractivity contribution in [2.75, 3.05) is 11.1 Å². The average Bonchev–Trinajstić information content (AvgIpc) is 3.45. The van der Waals surface area contributed by atoms with E-state index < -0.39 is 5.54 Å². The van der Waals surface area contributed by atoms with Gasteiger partial charge in [0, 0.05) is 5.69 Å². The minimum atomic E-state index is -0.990. The number of carbonyl (C=O) groups is 2. The Morgan fingerprint density at radius 2 is 1.97 bits per heavy atom. The van der Waals surface area contributed by atoms with Crippen molar-refractivity contribution in [2.45, 2.75) is 57.5 Å². The lowest BCUT2D eigenvalue weighted by molar-refractivity contribution is -0.148. The predicted octanol–water partition coefficient (Wildman–Crippen LogP) is 3.20. The highest BCUT2D eigenvalue weighted by molar-refractivity contribution is 6.01. The van der Waals surface area contributed by atoms with E-state index in [1.165, 1.54) is 0 Å². The van der Waals surface area contributed by atoms with Crippen LogP contribution >= 0.6 is 0 Å². The van der Waals surface area contributed by atoms with Crippen molar-refractivity contribution < 1.29 is 14.0 Å². The Morgan fingerprint density at radius 3 is 2.62 bits per heavy atom. The molecule has 0 radical (unpaired) electrons. The number of nitrogen functional groups attached to an aromatic ring is 1. The van der Waals surface area contributed by atoms with Gasteiger partial charge in [-0.3, -0.25) is 14.7 Å². The molecule has 2 aromatic heterocycles. The Bertz CT molecular complexity index is 1070. The maximum atomic E-state index is 13.8. The SMILES string of the molecule is Cc1ccccc1NC(=O)C1(N(Cc2ccco2)C(=O)Cc2nc(N)n[nH]2)CCCCC1. The van der Waals surface area contributed by atoms with Crippen LogP contribution in [0.15, 0.2) is 47.1 Å². The number of H-pyrrole nitrogens is 1. The molecule has 0 unspecified atom stereocenters. The highest BCUT2D eigenvalue weighted by atomic mass is 16.3. The van der Waals surface area contributed by atoms with Crippen LogP contribution in [0.4, 0.5) is 11.6 Å². The van der Waals surface area contributed by atoms with E-state index in [4.69, 9.17) is 10.2 Å². The minimum absolute atomic E-state index is 0.0374. The number of carbonyl (C=O) groups excluding carboxylic acids is 2. The fourth-order valence-electron chi connectivity index (χ4n) is 4.37. The topological polar surface area (TPSA) is 130 Å². The number of furan rings is 1. The molecule has 4 N–H and O–H groups in total. The summed E-state index contributed by atoms with van der Waals surface area (Å²) in [6, 6.07) is 11.2. The molecule has 1 saturated carbocycles. The molecule has 32 heavy (non-hydrogen) atoms. The van der Waals surface area contributed by atoms with Crippen LogP contribution in [-0.2, 0) is 22.6 Å². The number of nitrogens with zero attached hydrogens (tertiary/aromatic N) is 3. The zero-order valence-corrected chi connectivity index (χ0v) is 18.1. The van der Waals surface area contributed by atoms with Crippen LogP contribution in [0.25, 0.3) is 0 Å². The number of hydrogen-bond donors (Lipinski definition) is 3. The van der Waals surface area contributed by atoms with Gasteiger partial charge < -0.3 is 20.4 Å². The maximum absolute atomic E-state index is 13.8. The number of aryl methyl sites for hydroxylation is 1. The number of aromatic nitrogens is 3. The van der Waals surface area contributed by atoms with Gasteiger partial charge in [0.05, 0.1) is 19.2 Å². The summed E-state index contributed by atoms with van der Waals surface area (Å²) < 4.78 is 5.54. The molecule has 4 rings (SSSR count). The lowest BCUT2D eigenvalue weighted by atomic mass is 9.78. The third-order valence-corrected chi connectivity index (χ3v) is 6.08. The van der Waals surface area contributed by atoms with Gasteiger partial charge in [-0.15, -0.1) is 5.10 Å². The lowest BCUT2D eigenvalue weighted by Gasteiger charge is -2.44. The van der Waals surface area contributed by atoms with E-state index in [0.29, 0.717) is 24.4 Å². The molecule has 2 heterocycles. The van der Waals surface area contributed by atoms with E-state index in [1.54, 1.807) is 17.2 Å². The van der Waals surface area contributed by atoms with Crippen LogP contribution in [0.3, 0.4) is 0 Å². The van der Waals surface area contributed by atoms with Gasteiger partial charge in [0.1, 0.15) is 17.1 Å². The predicted molar refractivity (Wildman–Crippen MR) is 119 cm³/mol. The summed E-state index contributed by atoms with van der Waals surface area (Å²) in [5.74, 6) is 0.643. The molecule has 2 amide bonds. The second kappa shape index (κ2) is 9.25. The Labute approximate surface area is 186 Å². The van der Waals surface area contributed by atoms with Gasteiger partial charge in [-0.2, -0.15) is 4.98 Å². The molecule has 9 nitrogen and oxygen atoms in total. The molecule has 0 atom stereocenters. The van der Waals surface area contributed by atoms with Gasteiger partial charge in [0.15, 0.2) is 0 Å². The Hall–Kier alpha value is -3.62. The summed E-state index contributed by atoms with van der Waals surface area (Å²) in [5, 5.41) is 9.58. The molecule has 1 aliphatic carbocycles. The van der Waals surface area contributed by atoms with Gasteiger partial charge in [-0.1, -0.05) is 37.5 Å². The first-order valence-corrected chi connectivity index (χ1v) is 10.8. The van der Waals surface area contributed by atoms with Crippen LogP contribution < -0.4 is 11.1 Å². The average molecular weight is 437 g/mol. The van der Waals surface area contributed by atoms with Crippen molar-refractivity contribution in [1.29, 1.82) is 0 Å². The van der Waals surface area contributed by atoms with Crippen LogP contribution in [0.1, 0.15) is 49.3 Å². The second-order valence-corrected chi connectivity index (χ2v) is 8.24. The molecule has 3 aromatic rings. The summed E-state index contributed by atoms with van der Waals surface area (Å²) in [5.41, 5.74) is 6.32. The number of amides is 2. The Morgan fingerprint density at radius 1 is 1.19 bits per heavy atom. The van der Waals surface area contributed by atoms with Crippen LogP contribution in [0.5, 0.6) is 0 Å². The number of nitrogens with two attached hydrogens (primary N) is 1. The smallest absolute Gasteiger partial charge is 0.250 e. The van der Waals surface area contributed by atoms with Crippen LogP contribution in [0.2, 0.25) is 0 Å². The van der Waals surface area contributed by atoms with Crippen molar-refractivity contribution in [2.24, 2.45) is 0 Å². The van der Waals surface area contributed by atoms with E-state index in [1.807, 2.05) is 37.3 Å². The molecule has 1 fully saturated rings. The summed E-state index contributed by atoms with van der Waals surface area (Å²) >= 11 is 0. The molecule has 0 bridgehead atoms. The molecule has 1 aromatic carbocycles. The van der Waals surface area contributed by atoms with Crippen LogP contribution in [-0.4, -0.2) is 37.4 Å². The number of anilines is 2. The quantitative estimate of drug-likeness (QED) is 0.521. The zero-order chi connectivity index (χ0) is 22.6. The standard InChI is InChI=1S/C23H28N6O3/c1-16-8-3-4-10-18(16)25-21(31)23(11-5-2-6-12-23)29(15-17-9-7-13-32-17)20(30)14-19-26-22(24)28-27-19/h3-4,7-10,13H,2,5-6,11-12,14-15H2,1H3,(H,25,31)(H3,24,26,27,28). The van der Waals surface area contributed by atoms with E-state index >= 15 is 0 Å². The van der Waals surface area contributed by atoms with E-state index in [0.717, 1.165) is 30.5 Å². The molecular formula is C23H28N6O3. The first-order valence-electron chi connectivity index (χ1n) is 10.8. The van der Waals surface area contributed by atoms with Crippen molar-refractivity contribution in [1.82, 2.24) is 20.1 Å². The molecule has 0 saturated heterocycles. The van der Waals surface area contributed by atoms with E-state index in [9.17, 15) is 9.59 Å². The number of benzene rings is 1. The highest BCUT2D eigenvalue weighted by Crippen LogP contribution is 2.37. The molecule has 0 aliphatic heterocycles. The molecule has 0 spiro atoms. The monoisotopic (exact) mass is 436 g/mol. The fourth-order valence-corrected chi connectivity index (χ4v) is 4.37. The number of nitrogens with one attached hydrogen (secondary N) is 2. The molecule has 1 aliphatic rings. The molecular weight excluding hydrogens is 408 g/mol.